The Hall–Kier alpha value is -3.22. The van der Waals surface area contributed by atoms with Crippen molar-refractivity contribution in [3.63, 3.8) is 0 Å². The van der Waals surface area contributed by atoms with Gasteiger partial charge in [0.2, 0.25) is 5.95 Å². The lowest BCUT2D eigenvalue weighted by atomic mass is 9.89. The summed E-state index contributed by atoms with van der Waals surface area (Å²) in [7, 11) is 0. The standard InChI is InChI=1S/C21H23N7/c1-21(2,3)14-11-22-20(23-12-14)27-9-7-16-18(25-13-24-16)19(27)17-10-15-6-4-5-8-28(15)26-17/h4-6,8,10-13,19H,7,9H2,1-3H3,(H,24,25)/t19-/m1/s1. The SMILES string of the molecule is CC(C)(C)c1cnc(N2CCc3[nH]cnc3[C@H]2c2cc3ccccn3n2)nc1. The molecule has 5 rings (SSSR count). The van der Waals surface area contributed by atoms with E-state index in [0.29, 0.717) is 5.95 Å². The molecule has 0 radical (unpaired) electrons. The zero-order chi connectivity index (χ0) is 19.3. The third-order valence-corrected chi connectivity index (χ3v) is 5.36. The van der Waals surface area contributed by atoms with Crippen molar-refractivity contribution in [1.82, 2.24) is 29.5 Å². The first-order chi connectivity index (χ1) is 13.5. The summed E-state index contributed by atoms with van der Waals surface area (Å²) in [6.07, 6.45) is 8.47. The molecule has 142 valence electrons. The lowest BCUT2D eigenvalue weighted by Gasteiger charge is -2.34. The van der Waals surface area contributed by atoms with Crippen molar-refractivity contribution in [3.8, 4) is 0 Å². The molecule has 1 N–H and O–H groups in total. The smallest absolute Gasteiger partial charge is 0.226 e. The van der Waals surface area contributed by atoms with E-state index >= 15 is 0 Å². The van der Waals surface area contributed by atoms with Crippen LogP contribution in [0.1, 0.15) is 49.5 Å². The van der Waals surface area contributed by atoms with Gasteiger partial charge in [0.15, 0.2) is 0 Å². The highest BCUT2D eigenvalue weighted by Gasteiger charge is 2.34. The minimum Gasteiger partial charge on any atom is -0.348 e. The molecule has 0 saturated carbocycles. The summed E-state index contributed by atoms with van der Waals surface area (Å²) in [5, 5.41) is 4.81. The summed E-state index contributed by atoms with van der Waals surface area (Å²) in [4.78, 5) is 19.5. The highest BCUT2D eigenvalue weighted by Crippen LogP contribution is 2.35. The summed E-state index contributed by atoms with van der Waals surface area (Å²) >= 11 is 0. The minimum absolute atomic E-state index is 0.0246. The lowest BCUT2D eigenvalue weighted by Crippen LogP contribution is -2.37. The zero-order valence-corrected chi connectivity index (χ0v) is 16.3. The van der Waals surface area contributed by atoms with E-state index in [1.54, 1.807) is 6.33 Å². The van der Waals surface area contributed by atoms with Crippen LogP contribution in [-0.4, -0.2) is 36.1 Å². The molecule has 7 heteroatoms. The van der Waals surface area contributed by atoms with Crippen molar-refractivity contribution in [2.24, 2.45) is 0 Å². The fourth-order valence-corrected chi connectivity index (χ4v) is 3.74. The minimum atomic E-state index is -0.115. The number of imidazole rings is 1. The van der Waals surface area contributed by atoms with E-state index in [4.69, 9.17) is 15.1 Å². The number of fused-ring (bicyclic) bond motifs is 2. The molecule has 0 unspecified atom stereocenters. The second-order valence-corrected chi connectivity index (χ2v) is 8.27. The van der Waals surface area contributed by atoms with Crippen LogP contribution in [0.15, 0.2) is 49.2 Å². The summed E-state index contributed by atoms with van der Waals surface area (Å²) < 4.78 is 1.90. The van der Waals surface area contributed by atoms with Gasteiger partial charge in [0.1, 0.15) is 6.04 Å². The van der Waals surface area contributed by atoms with E-state index < -0.39 is 0 Å². The molecule has 7 nitrogen and oxygen atoms in total. The number of pyridine rings is 1. The van der Waals surface area contributed by atoms with E-state index in [1.807, 2.05) is 35.2 Å². The molecular weight excluding hydrogens is 350 g/mol. The molecule has 0 spiro atoms. The zero-order valence-electron chi connectivity index (χ0n) is 16.3. The van der Waals surface area contributed by atoms with Crippen molar-refractivity contribution < 1.29 is 0 Å². The maximum Gasteiger partial charge on any atom is 0.226 e. The Morgan fingerprint density at radius 1 is 1.11 bits per heavy atom. The highest BCUT2D eigenvalue weighted by molar-refractivity contribution is 5.52. The Balaban J connectivity index is 1.60. The van der Waals surface area contributed by atoms with Crippen molar-refractivity contribution in [3.05, 3.63) is 71.8 Å². The third kappa shape index (κ3) is 2.74. The molecule has 0 bridgehead atoms. The summed E-state index contributed by atoms with van der Waals surface area (Å²) in [5.41, 5.74) is 5.31. The first-order valence-corrected chi connectivity index (χ1v) is 9.56. The van der Waals surface area contributed by atoms with Gasteiger partial charge in [-0.2, -0.15) is 5.10 Å². The van der Waals surface area contributed by atoms with Crippen molar-refractivity contribution in [2.45, 2.75) is 38.6 Å². The highest BCUT2D eigenvalue weighted by atomic mass is 15.3. The quantitative estimate of drug-likeness (QED) is 0.583. The predicted octanol–water partition coefficient (Wildman–Crippen LogP) is 3.30. The maximum absolute atomic E-state index is 4.81. The molecule has 1 aliphatic rings. The fourth-order valence-electron chi connectivity index (χ4n) is 3.74. The molecule has 4 aromatic rings. The number of aromatic nitrogens is 6. The molecule has 1 aliphatic heterocycles. The average molecular weight is 373 g/mol. The lowest BCUT2D eigenvalue weighted by molar-refractivity contribution is 0.575. The molecule has 0 saturated heterocycles. The van der Waals surface area contributed by atoms with E-state index in [-0.39, 0.29) is 11.5 Å². The first-order valence-electron chi connectivity index (χ1n) is 9.56. The first kappa shape index (κ1) is 16.9. The number of hydrogen-bond donors (Lipinski definition) is 1. The normalized spacial score (nSPS) is 17.1. The van der Waals surface area contributed by atoms with Crippen LogP contribution in [0.5, 0.6) is 0 Å². The van der Waals surface area contributed by atoms with Crippen LogP contribution in [0.3, 0.4) is 0 Å². The largest absolute Gasteiger partial charge is 0.348 e. The van der Waals surface area contributed by atoms with Gasteiger partial charge < -0.3 is 9.88 Å². The van der Waals surface area contributed by atoms with Gasteiger partial charge in [-0.1, -0.05) is 26.8 Å². The molecule has 0 amide bonds. The Morgan fingerprint density at radius 3 is 2.68 bits per heavy atom. The van der Waals surface area contributed by atoms with Gasteiger partial charge in [-0.05, 0) is 29.2 Å². The van der Waals surface area contributed by atoms with Crippen LogP contribution in [0.4, 0.5) is 5.95 Å². The van der Waals surface area contributed by atoms with Gasteiger partial charge in [-0.25, -0.2) is 19.5 Å². The van der Waals surface area contributed by atoms with Crippen molar-refractivity contribution in [2.75, 3.05) is 11.4 Å². The molecule has 0 fully saturated rings. The number of anilines is 1. The molecule has 4 aromatic heterocycles. The monoisotopic (exact) mass is 373 g/mol. The third-order valence-electron chi connectivity index (χ3n) is 5.36. The summed E-state index contributed by atoms with van der Waals surface area (Å²) in [6, 6.07) is 8.06. The topological polar surface area (TPSA) is 75.0 Å². The van der Waals surface area contributed by atoms with Crippen molar-refractivity contribution >= 4 is 11.5 Å². The van der Waals surface area contributed by atoms with Crippen LogP contribution >= 0.6 is 0 Å². The Kier molecular flexibility index (Phi) is 3.72. The average Bonchev–Trinajstić information content (AvgIpc) is 3.33. The molecule has 0 aliphatic carbocycles. The Bertz CT molecular complexity index is 1080. The maximum atomic E-state index is 4.81. The van der Waals surface area contributed by atoms with Gasteiger partial charge in [0.25, 0.3) is 0 Å². The van der Waals surface area contributed by atoms with E-state index in [0.717, 1.165) is 41.1 Å². The van der Waals surface area contributed by atoms with Gasteiger partial charge >= 0.3 is 0 Å². The second kappa shape index (κ2) is 6.15. The number of aromatic amines is 1. The van der Waals surface area contributed by atoms with Gasteiger partial charge in [0.05, 0.1) is 23.2 Å². The van der Waals surface area contributed by atoms with Crippen LogP contribution in [0, 0.1) is 0 Å². The molecule has 1 atom stereocenters. The Morgan fingerprint density at radius 2 is 1.93 bits per heavy atom. The Labute approximate surface area is 163 Å². The molecular formula is C21H23N7. The number of rotatable bonds is 2. The molecule has 5 heterocycles. The van der Waals surface area contributed by atoms with E-state index in [9.17, 15) is 0 Å². The van der Waals surface area contributed by atoms with Crippen LogP contribution in [0.2, 0.25) is 0 Å². The second-order valence-electron chi connectivity index (χ2n) is 8.27. The van der Waals surface area contributed by atoms with Crippen LogP contribution in [0.25, 0.3) is 5.52 Å². The van der Waals surface area contributed by atoms with Gasteiger partial charge in [-0.15, -0.1) is 0 Å². The fraction of sp³-hybridized carbons (Fsp3) is 0.333. The summed E-state index contributed by atoms with van der Waals surface area (Å²) in [5.74, 6) is 0.712. The van der Waals surface area contributed by atoms with Crippen LogP contribution < -0.4 is 4.90 Å². The van der Waals surface area contributed by atoms with Gasteiger partial charge in [0, 0.05) is 37.3 Å². The van der Waals surface area contributed by atoms with Crippen molar-refractivity contribution in [1.29, 1.82) is 0 Å². The number of H-pyrrole nitrogens is 1. The van der Waals surface area contributed by atoms with E-state index in [1.165, 1.54) is 0 Å². The predicted molar refractivity (Wildman–Crippen MR) is 107 cm³/mol. The number of hydrogen-bond acceptors (Lipinski definition) is 5. The molecule has 28 heavy (non-hydrogen) atoms. The number of nitrogens with zero attached hydrogens (tertiary/aromatic N) is 6. The molecule has 0 aromatic carbocycles. The van der Waals surface area contributed by atoms with Crippen LogP contribution in [-0.2, 0) is 11.8 Å². The van der Waals surface area contributed by atoms with E-state index in [2.05, 4.69) is 47.8 Å². The number of nitrogens with one attached hydrogen (secondary N) is 1. The van der Waals surface area contributed by atoms with Gasteiger partial charge in [-0.3, -0.25) is 0 Å². The summed E-state index contributed by atoms with van der Waals surface area (Å²) in [6.45, 7) is 7.31.